The molecule has 0 radical (unpaired) electrons. The van der Waals surface area contributed by atoms with Crippen LogP contribution >= 0.6 is 0 Å². The third-order valence-corrected chi connectivity index (χ3v) is 4.21. The van der Waals surface area contributed by atoms with Crippen molar-refractivity contribution in [1.82, 2.24) is 20.1 Å². The molecule has 2 atom stereocenters. The summed E-state index contributed by atoms with van der Waals surface area (Å²) in [6.45, 7) is 3.79. The van der Waals surface area contributed by atoms with Gasteiger partial charge in [-0.2, -0.15) is 5.10 Å². The number of carboxylic acids is 1. The number of hydrogen-bond donors (Lipinski definition) is 2. The van der Waals surface area contributed by atoms with Crippen molar-refractivity contribution in [3.05, 3.63) is 11.6 Å². The van der Waals surface area contributed by atoms with Gasteiger partial charge in [-0.05, 0) is 46.0 Å². The van der Waals surface area contributed by atoms with Gasteiger partial charge in [0, 0.05) is 6.04 Å². The van der Waals surface area contributed by atoms with Gasteiger partial charge in [-0.1, -0.05) is 0 Å². The Bertz CT molecular complexity index is 509. The van der Waals surface area contributed by atoms with Gasteiger partial charge >= 0.3 is 5.97 Å². The summed E-state index contributed by atoms with van der Waals surface area (Å²) < 4.78 is 1.90. The minimum absolute atomic E-state index is 0.142. The van der Waals surface area contributed by atoms with E-state index in [4.69, 9.17) is 0 Å². The van der Waals surface area contributed by atoms with Crippen LogP contribution in [-0.4, -0.2) is 37.4 Å². The predicted molar refractivity (Wildman–Crippen MR) is 68.9 cm³/mol. The second-order valence-electron chi connectivity index (χ2n) is 5.85. The van der Waals surface area contributed by atoms with Crippen LogP contribution in [0.4, 0.5) is 0 Å². The zero-order chi connectivity index (χ0) is 13.6. The predicted octanol–water partition coefficient (Wildman–Crippen LogP) is 1.20. The lowest BCUT2D eigenvalue weighted by molar-refractivity contribution is -0.144. The lowest BCUT2D eigenvalue weighted by Crippen LogP contribution is -2.51. The number of carboxylic acid groups (broad SMARTS) is 1. The summed E-state index contributed by atoms with van der Waals surface area (Å²) >= 11 is 0. The standard InChI is InChI=1S/C13H20N4O2/c1-8-14-9(2)17(16-8)11-5-6-13(7-11,12(18)19)15-10-3-4-10/h10-11,15H,3-7H2,1-2H3,(H,18,19). The Kier molecular flexibility index (Phi) is 2.85. The van der Waals surface area contributed by atoms with E-state index in [2.05, 4.69) is 15.4 Å². The molecule has 2 aliphatic rings. The zero-order valence-corrected chi connectivity index (χ0v) is 11.4. The maximum Gasteiger partial charge on any atom is 0.323 e. The third-order valence-electron chi connectivity index (χ3n) is 4.21. The van der Waals surface area contributed by atoms with Gasteiger partial charge in [0.15, 0.2) is 0 Å². The van der Waals surface area contributed by atoms with Gasteiger partial charge in [-0.15, -0.1) is 0 Å². The first-order chi connectivity index (χ1) is 9.00. The highest BCUT2D eigenvalue weighted by molar-refractivity contribution is 5.79. The molecule has 19 heavy (non-hydrogen) atoms. The fourth-order valence-electron chi connectivity index (χ4n) is 3.12. The van der Waals surface area contributed by atoms with Crippen LogP contribution in [0.15, 0.2) is 0 Å². The summed E-state index contributed by atoms with van der Waals surface area (Å²) in [6, 6.07) is 0.539. The molecule has 1 aromatic heterocycles. The number of hydrogen-bond acceptors (Lipinski definition) is 4. The highest BCUT2D eigenvalue weighted by Crippen LogP contribution is 2.40. The van der Waals surface area contributed by atoms with Crippen LogP contribution < -0.4 is 5.32 Å². The van der Waals surface area contributed by atoms with Crippen LogP contribution in [-0.2, 0) is 4.79 Å². The molecule has 0 aromatic carbocycles. The van der Waals surface area contributed by atoms with E-state index in [1.165, 1.54) is 0 Å². The Hall–Kier alpha value is -1.43. The first kappa shape index (κ1) is 12.6. The molecule has 2 N–H and O–H groups in total. The van der Waals surface area contributed by atoms with Gasteiger partial charge in [-0.3, -0.25) is 10.1 Å². The Balaban J connectivity index is 1.80. The Labute approximate surface area is 112 Å². The van der Waals surface area contributed by atoms with E-state index < -0.39 is 11.5 Å². The van der Waals surface area contributed by atoms with Crippen LogP contribution in [0.3, 0.4) is 0 Å². The SMILES string of the molecule is Cc1nc(C)n(C2CCC(NC3CC3)(C(=O)O)C2)n1. The van der Waals surface area contributed by atoms with Crippen LogP contribution in [0, 0.1) is 13.8 Å². The van der Waals surface area contributed by atoms with E-state index in [9.17, 15) is 9.90 Å². The highest BCUT2D eigenvalue weighted by atomic mass is 16.4. The molecule has 104 valence electrons. The molecule has 6 heteroatoms. The van der Waals surface area contributed by atoms with Crippen molar-refractivity contribution in [3.8, 4) is 0 Å². The van der Waals surface area contributed by atoms with Crippen molar-refractivity contribution in [3.63, 3.8) is 0 Å². The Morgan fingerprint density at radius 2 is 2.16 bits per heavy atom. The van der Waals surface area contributed by atoms with E-state index in [1.807, 2.05) is 18.5 Å². The minimum Gasteiger partial charge on any atom is -0.480 e. The molecule has 6 nitrogen and oxygen atoms in total. The van der Waals surface area contributed by atoms with Crippen molar-refractivity contribution in [2.75, 3.05) is 0 Å². The molecule has 0 bridgehead atoms. The average molecular weight is 264 g/mol. The van der Waals surface area contributed by atoms with Gasteiger partial charge in [0.25, 0.3) is 0 Å². The lowest BCUT2D eigenvalue weighted by Gasteiger charge is -2.26. The first-order valence-electron chi connectivity index (χ1n) is 6.91. The van der Waals surface area contributed by atoms with Crippen molar-refractivity contribution in [1.29, 1.82) is 0 Å². The molecular formula is C13H20N4O2. The third kappa shape index (κ3) is 2.25. The molecule has 1 aromatic rings. The quantitative estimate of drug-likeness (QED) is 0.854. The summed E-state index contributed by atoms with van der Waals surface area (Å²) in [7, 11) is 0. The van der Waals surface area contributed by atoms with E-state index in [1.54, 1.807) is 0 Å². The van der Waals surface area contributed by atoms with Crippen LogP contribution in [0.25, 0.3) is 0 Å². The molecule has 2 saturated carbocycles. The van der Waals surface area contributed by atoms with E-state index in [0.29, 0.717) is 18.9 Å². The largest absolute Gasteiger partial charge is 0.480 e. The molecule has 0 amide bonds. The maximum atomic E-state index is 11.6. The van der Waals surface area contributed by atoms with Gasteiger partial charge in [-0.25, -0.2) is 9.67 Å². The first-order valence-corrected chi connectivity index (χ1v) is 6.91. The molecule has 2 aliphatic carbocycles. The molecule has 2 fully saturated rings. The summed E-state index contributed by atoms with van der Waals surface area (Å²) in [5.41, 5.74) is -0.766. The van der Waals surface area contributed by atoms with Crippen molar-refractivity contribution >= 4 is 5.97 Å². The summed E-state index contributed by atoms with van der Waals surface area (Å²) in [5, 5.41) is 17.3. The lowest BCUT2D eigenvalue weighted by atomic mass is 9.97. The summed E-state index contributed by atoms with van der Waals surface area (Å²) in [5.74, 6) is 0.895. The molecule has 1 heterocycles. The number of carbonyl (C=O) groups is 1. The van der Waals surface area contributed by atoms with Crippen molar-refractivity contribution < 1.29 is 9.90 Å². The second kappa shape index (κ2) is 4.30. The molecule has 0 spiro atoms. The average Bonchev–Trinajstić information content (AvgIpc) is 2.92. The number of aryl methyl sites for hydroxylation is 2. The van der Waals surface area contributed by atoms with Gasteiger partial charge in [0.05, 0.1) is 6.04 Å². The van der Waals surface area contributed by atoms with Crippen molar-refractivity contribution in [2.45, 2.75) is 63.6 Å². The van der Waals surface area contributed by atoms with E-state index >= 15 is 0 Å². The molecular weight excluding hydrogens is 244 g/mol. The molecule has 0 aliphatic heterocycles. The van der Waals surface area contributed by atoms with E-state index in [0.717, 1.165) is 30.9 Å². The number of nitrogens with one attached hydrogen (secondary N) is 1. The van der Waals surface area contributed by atoms with E-state index in [-0.39, 0.29) is 6.04 Å². The van der Waals surface area contributed by atoms with Gasteiger partial charge < -0.3 is 5.11 Å². The van der Waals surface area contributed by atoms with Gasteiger partial charge in [0.1, 0.15) is 17.2 Å². The molecule has 2 unspecified atom stereocenters. The second-order valence-corrected chi connectivity index (χ2v) is 5.85. The van der Waals surface area contributed by atoms with Crippen LogP contribution in [0.5, 0.6) is 0 Å². The normalized spacial score (nSPS) is 30.7. The van der Waals surface area contributed by atoms with Crippen molar-refractivity contribution in [2.24, 2.45) is 0 Å². The summed E-state index contributed by atoms with van der Waals surface area (Å²) in [6.07, 6.45) is 4.31. The smallest absolute Gasteiger partial charge is 0.323 e. The number of aromatic nitrogens is 3. The summed E-state index contributed by atoms with van der Waals surface area (Å²) in [4.78, 5) is 16.0. The molecule has 0 saturated heterocycles. The number of nitrogens with zero attached hydrogens (tertiary/aromatic N) is 3. The van der Waals surface area contributed by atoms with Crippen LogP contribution in [0.2, 0.25) is 0 Å². The monoisotopic (exact) mass is 264 g/mol. The van der Waals surface area contributed by atoms with Gasteiger partial charge in [0.2, 0.25) is 0 Å². The Morgan fingerprint density at radius 3 is 2.68 bits per heavy atom. The number of aliphatic carboxylic acids is 1. The maximum absolute atomic E-state index is 11.6. The fraction of sp³-hybridized carbons (Fsp3) is 0.769. The fourth-order valence-corrected chi connectivity index (χ4v) is 3.12. The topological polar surface area (TPSA) is 80.0 Å². The highest BCUT2D eigenvalue weighted by Gasteiger charge is 2.49. The number of rotatable bonds is 4. The Morgan fingerprint density at radius 1 is 1.42 bits per heavy atom. The minimum atomic E-state index is -0.766. The molecule has 3 rings (SSSR count). The zero-order valence-electron chi connectivity index (χ0n) is 11.4. The van der Waals surface area contributed by atoms with Crippen LogP contribution in [0.1, 0.15) is 49.8 Å².